The molecule has 0 radical (unpaired) electrons. The highest BCUT2D eigenvalue weighted by atomic mass is 16.5. The van der Waals surface area contributed by atoms with Crippen molar-refractivity contribution in [2.75, 3.05) is 26.8 Å². The molecular formula is C19H25N3O3. The quantitative estimate of drug-likeness (QED) is 0.873. The summed E-state index contributed by atoms with van der Waals surface area (Å²) in [5.74, 6) is -0.0978. The number of benzene rings is 1. The van der Waals surface area contributed by atoms with Crippen molar-refractivity contribution in [2.45, 2.75) is 33.2 Å². The molecule has 2 heterocycles. The molecule has 1 fully saturated rings. The molecule has 0 saturated carbocycles. The molecule has 1 aromatic heterocycles. The Bertz CT molecular complexity index is 825. The molecule has 0 bridgehead atoms. The number of H-pyrrole nitrogens is 1. The molecule has 0 unspecified atom stereocenters. The molecule has 6 heteroatoms. The minimum absolute atomic E-state index is 0.0576. The molecule has 2 amide bonds. The molecule has 6 nitrogen and oxygen atoms in total. The smallest absolute Gasteiger partial charge is 0.268 e. The zero-order valence-corrected chi connectivity index (χ0v) is 15.2. The second-order valence-electron chi connectivity index (χ2n) is 6.84. The summed E-state index contributed by atoms with van der Waals surface area (Å²) >= 11 is 0. The predicted molar refractivity (Wildman–Crippen MR) is 96.8 cm³/mol. The number of fused-ring (bicyclic) bond motifs is 1. The van der Waals surface area contributed by atoms with E-state index >= 15 is 0 Å². The van der Waals surface area contributed by atoms with Crippen molar-refractivity contribution in [3.8, 4) is 0 Å². The Kier molecular flexibility index (Phi) is 4.81. The second-order valence-corrected chi connectivity index (χ2v) is 6.84. The normalized spacial score (nSPS) is 17.5. The Morgan fingerprint density at radius 3 is 2.84 bits per heavy atom. The summed E-state index contributed by atoms with van der Waals surface area (Å²) in [6.45, 7) is 7.65. The van der Waals surface area contributed by atoms with E-state index in [-0.39, 0.29) is 17.9 Å². The fourth-order valence-electron chi connectivity index (χ4n) is 3.55. The fraction of sp³-hybridized carbons (Fsp3) is 0.474. The van der Waals surface area contributed by atoms with Crippen LogP contribution in [0.5, 0.6) is 0 Å². The van der Waals surface area contributed by atoms with E-state index in [1.807, 2.05) is 13.8 Å². The van der Waals surface area contributed by atoms with E-state index in [0.717, 1.165) is 22.0 Å². The van der Waals surface area contributed by atoms with Crippen LogP contribution in [0.4, 0.5) is 0 Å². The summed E-state index contributed by atoms with van der Waals surface area (Å²) in [5, 5.41) is 4.07. The first kappa shape index (κ1) is 17.5. The van der Waals surface area contributed by atoms with Crippen molar-refractivity contribution in [3.05, 3.63) is 34.5 Å². The van der Waals surface area contributed by atoms with Crippen molar-refractivity contribution in [1.82, 2.24) is 15.2 Å². The van der Waals surface area contributed by atoms with Crippen molar-refractivity contribution < 1.29 is 14.3 Å². The van der Waals surface area contributed by atoms with Crippen molar-refractivity contribution in [1.29, 1.82) is 0 Å². The summed E-state index contributed by atoms with van der Waals surface area (Å²) in [4.78, 5) is 29.7. The molecule has 2 N–H and O–H groups in total. The first-order valence-electron chi connectivity index (χ1n) is 8.57. The first-order chi connectivity index (χ1) is 11.9. The lowest BCUT2D eigenvalue weighted by Crippen LogP contribution is -2.38. The van der Waals surface area contributed by atoms with E-state index in [1.165, 1.54) is 5.56 Å². The molecule has 1 atom stereocenters. The van der Waals surface area contributed by atoms with E-state index in [1.54, 1.807) is 12.0 Å². The van der Waals surface area contributed by atoms with Crippen LogP contribution >= 0.6 is 0 Å². The molecule has 1 aromatic carbocycles. The first-order valence-corrected chi connectivity index (χ1v) is 8.57. The van der Waals surface area contributed by atoms with Crippen molar-refractivity contribution >= 4 is 22.7 Å². The number of rotatable bonds is 5. The highest BCUT2D eigenvalue weighted by Gasteiger charge is 2.31. The minimum Gasteiger partial charge on any atom is -0.383 e. The van der Waals surface area contributed by atoms with E-state index < -0.39 is 0 Å². The average Bonchev–Trinajstić information content (AvgIpc) is 3.06. The molecule has 1 saturated heterocycles. The number of nitrogens with zero attached hydrogens (tertiary/aromatic N) is 1. The van der Waals surface area contributed by atoms with Gasteiger partial charge in [0.2, 0.25) is 5.91 Å². The number of ether oxygens (including phenoxy) is 1. The monoisotopic (exact) mass is 343 g/mol. The van der Waals surface area contributed by atoms with Crippen LogP contribution in [-0.2, 0) is 9.53 Å². The SMILES string of the molecule is COCCN1C[C@@H](NC(=O)c2[nH]c3c(C)cc(C)cc3c2C)CC1=O. The number of aryl methyl sites for hydroxylation is 3. The number of carbonyl (C=O) groups is 2. The number of aromatic amines is 1. The van der Waals surface area contributed by atoms with Gasteiger partial charge in [-0.3, -0.25) is 9.59 Å². The zero-order valence-electron chi connectivity index (χ0n) is 15.2. The summed E-state index contributed by atoms with van der Waals surface area (Å²) in [6.07, 6.45) is 0.340. The lowest BCUT2D eigenvalue weighted by molar-refractivity contribution is -0.128. The number of likely N-dealkylation sites (tertiary alicyclic amines) is 1. The minimum atomic E-state index is -0.162. The number of nitrogens with one attached hydrogen (secondary N) is 2. The van der Waals surface area contributed by atoms with Gasteiger partial charge in [-0.2, -0.15) is 0 Å². The second kappa shape index (κ2) is 6.88. The molecule has 1 aliphatic rings. The molecule has 25 heavy (non-hydrogen) atoms. The summed E-state index contributed by atoms with van der Waals surface area (Å²) < 4.78 is 5.02. The maximum atomic E-state index is 12.7. The Balaban J connectivity index is 1.76. The third kappa shape index (κ3) is 3.39. The van der Waals surface area contributed by atoms with Crippen LogP contribution in [0.1, 0.15) is 33.6 Å². The van der Waals surface area contributed by atoms with E-state index in [4.69, 9.17) is 4.74 Å². The average molecular weight is 343 g/mol. The van der Waals surface area contributed by atoms with Crippen LogP contribution in [-0.4, -0.2) is 54.5 Å². The van der Waals surface area contributed by atoms with Gasteiger partial charge in [0.05, 0.1) is 12.6 Å². The van der Waals surface area contributed by atoms with Gasteiger partial charge in [0, 0.05) is 37.5 Å². The summed E-state index contributed by atoms with van der Waals surface area (Å²) in [5.41, 5.74) is 4.82. The predicted octanol–water partition coefficient (Wildman–Crippen LogP) is 2.07. The van der Waals surface area contributed by atoms with E-state index in [2.05, 4.69) is 29.4 Å². The molecule has 1 aliphatic heterocycles. The van der Waals surface area contributed by atoms with Crippen LogP contribution in [0.2, 0.25) is 0 Å². The van der Waals surface area contributed by atoms with Gasteiger partial charge in [0.25, 0.3) is 5.91 Å². The molecule has 0 spiro atoms. The van der Waals surface area contributed by atoms with Gasteiger partial charge in [0.1, 0.15) is 5.69 Å². The molecule has 0 aliphatic carbocycles. The van der Waals surface area contributed by atoms with Gasteiger partial charge < -0.3 is 19.9 Å². The fourth-order valence-corrected chi connectivity index (χ4v) is 3.55. The Hall–Kier alpha value is -2.34. The molecule has 134 valence electrons. The van der Waals surface area contributed by atoms with Gasteiger partial charge in [-0.05, 0) is 38.0 Å². The Morgan fingerprint density at radius 2 is 2.12 bits per heavy atom. The lowest BCUT2D eigenvalue weighted by Gasteiger charge is -2.16. The zero-order chi connectivity index (χ0) is 18.1. The highest BCUT2D eigenvalue weighted by molar-refractivity contribution is 6.02. The van der Waals surface area contributed by atoms with Crippen LogP contribution in [0.25, 0.3) is 10.9 Å². The Labute approximate surface area is 147 Å². The summed E-state index contributed by atoms with van der Waals surface area (Å²) in [6, 6.07) is 4.03. The number of hydrogen-bond donors (Lipinski definition) is 2. The van der Waals surface area contributed by atoms with Gasteiger partial charge in [-0.1, -0.05) is 11.6 Å². The standard InChI is InChI=1S/C19H25N3O3/c1-11-7-12(2)17-15(8-11)13(3)18(21-17)19(24)20-14-9-16(23)22(10-14)5-6-25-4/h7-8,14,21H,5-6,9-10H2,1-4H3,(H,20,24)/t14-/m0/s1. The van der Waals surface area contributed by atoms with E-state index in [9.17, 15) is 9.59 Å². The van der Waals surface area contributed by atoms with Gasteiger partial charge >= 0.3 is 0 Å². The maximum absolute atomic E-state index is 12.7. The van der Waals surface area contributed by atoms with Crippen molar-refractivity contribution in [3.63, 3.8) is 0 Å². The van der Waals surface area contributed by atoms with E-state index in [0.29, 0.717) is 31.8 Å². The molecule has 3 rings (SSSR count). The maximum Gasteiger partial charge on any atom is 0.268 e. The van der Waals surface area contributed by atoms with Gasteiger partial charge in [-0.15, -0.1) is 0 Å². The van der Waals surface area contributed by atoms with Crippen molar-refractivity contribution in [2.24, 2.45) is 0 Å². The number of methoxy groups -OCH3 is 1. The summed E-state index contributed by atoms with van der Waals surface area (Å²) in [7, 11) is 1.61. The topological polar surface area (TPSA) is 74.4 Å². The third-order valence-corrected chi connectivity index (χ3v) is 4.85. The number of carbonyl (C=O) groups excluding carboxylic acids is 2. The van der Waals surface area contributed by atoms with Crippen LogP contribution in [0, 0.1) is 20.8 Å². The molecule has 2 aromatic rings. The van der Waals surface area contributed by atoms with Crippen LogP contribution < -0.4 is 5.32 Å². The highest BCUT2D eigenvalue weighted by Crippen LogP contribution is 2.26. The number of aromatic nitrogens is 1. The van der Waals surface area contributed by atoms with Crippen LogP contribution in [0.3, 0.4) is 0 Å². The number of hydrogen-bond acceptors (Lipinski definition) is 3. The largest absolute Gasteiger partial charge is 0.383 e. The van der Waals surface area contributed by atoms with Gasteiger partial charge in [0.15, 0.2) is 0 Å². The Morgan fingerprint density at radius 1 is 1.36 bits per heavy atom. The van der Waals surface area contributed by atoms with Crippen LogP contribution in [0.15, 0.2) is 12.1 Å². The molecular weight excluding hydrogens is 318 g/mol. The lowest BCUT2D eigenvalue weighted by atomic mass is 10.1. The van der Waals surface area contributed by atoms with Gasteiger partial charge in [-0.25, -0.2) is 0 Å². The number of amides is 2. The third-order valence-electron chi connectivity index (χ3n) is 4.85.